The van der Waals surface area contributed by atoms with Crippen LogP contribution < -0.4 is 0 Å². The third-order valence-electron chi connectivity index (χ3n) is 19.5. The highest BCUT2D eigenvalue weighted by Gasteiger charge is 2.61. The fraction of sp³-hybridized carbons (Fsp3) is 1.00. The molecule has 7 aliphatic rings. The predicted molar refractivity (Wildman–Crippen MR) is 342 cm³/mol. The standard InChI is InChI=1S/C65H118O36/c1-66-24-31-38(73-8)45(74-9)53(82-17)60(90-31)97-40-33(26-68-3)92-62(55(84-19)47(40)76-11)99-42-35(28-70-5)94-64(57(86-21)49(42)78-13)101-44-37(30-72-7)95-65(58(87-22)51(44)80-15)100-43-36(29-71-6)93-63(56(85-20)50(43)79-14)98-41-34(27-69-4)91-61(54(83-18)48(41)77-12)96-39-32(25-67-2)89-59(88-23)52(81-16)46(39)75-10/h31-65H,24-30H2,1-23H3/t31-,32-,33-,34-,35-,36-,37-,38-,39-,40-,41-,42-,43-,44-,45+,46+,47+,48+,49+,50+,51+,52-,53-,54-,55-,56-,57-,58-,59-,60-,61-,62-,63-,64-,65-/m1/s1. The Morgan fingerprint density at radius 3 is 0.406 bits per heavy atom. The van der Waals surface area contributed by atoms with Gasteiger partial charge in [0, 0.05) is 164 Å². The Labute approximate surface area is 593 Å². The molecule has 35 atom stereocenters. The van der Waals surface area contributed by atoms with Crippen molar-refractivity contribution in [2.75, 3.05) is 210 Å². The summed E-state index contributed by atoms with van der Waals surface area (Å²) in [6, 6.07) is 0. The van der Waals surface area contributed by atoms with Gasteiger partial charge in [-0.2, -0.15) is 0 Å². The molecule has 101 heavy (non-hydrogen) atoms. The SMILES string of the molecule is COC[C@H]1O[C@H](O[C@H]2[C@H](OC)[C@@H](OC)[C@@H](O[C@H]3[C@H](OC)[C@@H](OC)[C@@H](O[C@H]4[C@H](OC)[C@@H](OC)[C@@H](O[C@H]5[C@H](OC)[C@@H](OC)[C@@H](O[C@H]6[C@H](OC)[C@@H](OC)[C@@H](O[C@H]7[C@H](OC)[C@@H](OC)[C@H](OC)O[C@@H]7COC)O[C@@H]6COC)O[C@@H]5COC)O[C@@H]4COC)O[C@@H]3COC)O[C@@H]2COC)[C@H](OC)[C@@H](OC)[C@@H]1OC. The van der Waals surface area contributed by atoms with Crippen LogP contribution in [0.2, 0.25) is 0 Å². The molecular weight excluding hydrogens is 1360 g/mol. The number of hydrogen-bond acceptors (Lipinski definition) is 36. The van der Waals surface area contributed by atoms with E-state index < -0.39 is 215 Å². The van der Waals surface area contributed by atoms with E-state index in [1.807, 2.05) is 0 Å². The molecule has 0 amide bonds. The summed E-state index contributed by atoms with van der Waals surface area (Å²) in [4.78, 5) is 0. The minimum Gasteiger partial charge on any atom is -0.382 e. The normalized spacial score (nSPS) is 44.0. The van der Waals surface area contributed by atoms with Crippen LogP contribution in [0.3, 0.4) is 0 Å². The lowest BCUT2D eigenvalue weighted by molar-refractivity contribution is -0.404. The van der Waals surface area contributed by atoms with Gasteiger partial charge in [0.05, 0.1) is 46.2 Å². The lowest BCUT2D eigenvalue weighted by Crippen LogP contribution is -2.69. The van der Waals surface area contributed by atoms with Gasteiger partial charge in [-0.1, -0.05) is 0 Å². The van der Waals surface area contributed by atoms with Crippen molar-refractivity contribution in [2.24, 2.45) is 0 Å². The smallest absolute Gasteiger partial charge is 0.187 e. The minimum atomic E-state index is -1.23. The van der Waals surface area contributed by atoms with Crippen LogP contribution in [0.1, 0.15) is 0 Å². The molecule has 0 N–H and O–H groups in total. The Bertz CT molecular complexity index is 2230. The molecule has 7 fully saturated rings. The predicted octanol–water partition coefficient (Wildman–Crippen LogP) is -1.23. The molecular formula is C65H118O36. The Kier molecular flexibility index (Phi) is 37.5. The van der Waals surface area contributed by atoms with Gasteiger partial charge in [-0.25, -0.2) is 0 Å². The Morgan fingerprint density at radius 2 is 0.267 bits per heavy atom. The molecule has 0 aromatic rings. The van der Waals surface area contributed by atoms with Gasteiger partial charge >= 0.3 is 0 Å². The van der Waals surface area contributed by atoms with Crippen molar-refractivity contribution in [3.8, 4) is 0 Å². The topological polar surface area (TPSA) is 332 Å². The highest BCUT2D eigenvalue weighted by molar-refractivity contribution is 5.04. The lowest BCUT2D eigenvalue weighted by Gasteiger charge is -2.52. The van der Waals surface area contributed by atoms with E-state index in [9.17, 15) is 0 Å². The van der Waals surface area contributed by atoms with E-state index in [4.69, 9.17) is 171 Å². The second kappa shape index (κ2) is 43.7. The van der Waals surface area contributed by atoms with E-state index in [1.165, 1.54) is 128 Å². The maximum absolute atomic E-state index is 7.03. The number of rotatable bonds is 42. The fourth-order valence-electron chi connectivity index (χ4n) is 14.9. The average Bonchev–Trinajstić information content (AvgIpc) is 0.770. The van der Waals surface area contributed by atoms with Crippen LogP contribution in [0.4, 0.5) is 0 Å². The first kappa shape index (κ1) is 86.8. The minimum absolute atomic E-state index is 0.00235. The van der Waals surface area contributed by atoms with E-state index in [0.29, 0.717) is 0 Å². The fourth-order valence-corrected chi connectivity index (χ4v) is 14.9. The number of ether oxygens (including phenoxy) is 36. The van der Waals surface area contributed by atoms with Crippen LogP contribution in [0.15, 0.2) is 0 Å². The molecule has 36 heteroatoms. The first-order valence-corrected chi connectivity index (χ1v) is 33.5. The van der Waals surface area contributed by atoms with Crippen molar-refractivity contribution in [1.29, 1.82) is 0 Å². The Morgan fingerprint density at radius 1 is 0.139 bits per heavy atom. The van der Waals surface area contributed by atoms with E-state index in [-0.39, 0.29) is 46.2 Å². The molecule has 36 nitrogen and oxygen atoms in total. The van der Waals surface area contributed by atoms with Gasteiger partial charge in [-0.05, 0) is 0 Å². The summed E-state index contributed by atoms with van der Waals surface area (Å²) in [5.74, 6) is 0. The first-order chi connectivity index (χ1) is 49.1. The highest BCUT2D eigenvalue weighted by atomic mass is 16.8. The van der Waals surface area contributed by atoms with Crippen LogP contribution in [0.5, 0.6) is 0 Å². The average molecular weight is 1480 g/mol. The summed E-state index contributed by atoms with van der Waals surface area (Å²) < 4.78 is 226. The molecule has 594 valence electrons. The van der Waals surface area contributed by atoms with Crippen LogP contribution in [-0.2, 0) is 171 Å². The molecule has 7 heterocycles. The van der Waals surface area contributed by atoms with Gasteiger partial charge in [0.2, 0.25) is 0 Å². The molecule has 0 spiro atoms. The molecule has 0 radical (unpaired) electrons. The zero-order valence-electron chi connectivity index (χ0n) is 62.9. The van der Waals surface area contributed by atoms with Gasteiger partial charge in [-0.3, -0.25) is 0 Å². The van der Waals surface area contributed by atoms with Gasteiger partial charge in [0.25, 0.3) is 0 Å². The molecule has 7 rings (SSSR count). The van der Waals surface area contributed by atoms with E-state index in [2.05, 4.69) is 0 Å². The Balaban J connectivity index is 1.10. The zero-order valence-corrected chi connectivity index (χ0v) is 62.9. The number of methoxy groups -OCH3 is 23. The van der Waals surface area contributed by atoms with Crippen molar-refractivity contribution in [2.45, 2.75) is 215 Å². The highest BCUT2D eigenvalue weighted by Crippen LogP contribution is 2.42. The summed E-state index contributed by atoms with van der Waals surface area (Å²) in [6.45, 7) is 0.190. The van der Waals surface area contributed by atoms with Crippen molar-refractivity contribution in [3.05, 3.63) is 0 Å². The zero-order chi connectivity index (χ0) is 73.6. The van der Waals surface area contributed by atoms with Gasteiger partial charge in [-0.15, -0.1) is 0 Å². The third kappa shape index (κ3) is 19.8. The lowest BCUT2D eigenvalue weighted by atomic mass is 9.94. The van der Waals surface area contributed by atoms with E-state index in [1.54, 1.807) is 35.5 Å². The summed E-state index contributed by atoms with van der Waals surface area (Å²) >= 11 is 0. The molecule has 0 bridgehead atoms. The molecule has 0 aromatic carbocycles. The van der Waals surface area contributed by atoms with E-state index in [0.717, 1.165) is 0 Å². The summed E-state index contributed by atoms with van der Waals surface area (Å²) in [5, 5.41) is 0. The van der Waals surface area contributed by atoms with Crippen LogP contribution >= 0.6 is 0 Å². The Hall–Kier alpha value is -1.44. The molecule has 7 saturated heterocycles. The summed E-state index contributed by atoms with van der Waals surface area (Å²) in [6.07, 6.45) is -32.2. The summed E-state index contributed by atoms with van der Waals surface area (Å²) in [7, 11) is 35.0. The van der Waals surface area contributed by atoms with Crippen LogP contribution in [0.25, 0.3) is 0 Å². The van der Waals surface area contributed by atoms with Crippen molar-refractivity contribution in [3.63, 3.8) is 0 Å². The van der Waals surface area contributed by atoms with Gasteiger partial charge < -0.3 is 171 Å². The van der Waals surface area contributed by atoms with Gasteiger partial charge in [0.15, 0.2) is 44.0 Å². The van der Waals surface area contributed by atoms with Crippen LogP contribution in [-0.4, -0.2) is 425 Å². The summed E-state index contributed by atoms with van der Waals surface area (Å²) in [5.41, 5.74) is 0. The van der Waals surface area contributed by atoms with Crippen LogP contribution in [0, 0.1) is 0 Å². The molecule has 0 aliphatic carbocycles. The third-order valence-corrected chi connectivity index (χ3v) is 19.5. The van der Waals surface area contributed by atoms with Gasteiger partial charge in [0.1, 0.15) is 171 Å². The molecule has 7 aliphatic heterocycles. The molecule has 0 unspecified atom stereocenters. The number of hydrogen-bond donors (Lipinski definition) is 0. The quantitative estimate of drug-likeness (QED) is 0.0690. The maximum atomic E-state index is 7.03. The van der Waals surface area contributed by atoms with E-state index >= 15 is 0 Å². The van der Waals surface area contributed by atoms with Crippen molar-refractivity contribution < 1.29 is 171 Å². The molecule has 0 saturated carbocycles. The second-order valence-corrected chi connectivity index (χ2v) is 24.8. The monoisotopic (exact) mass is 1470 g/mol. The maximum Gasteiger partial charge on any atom is 0.187 e. The first-order valence-electron chi connectivity index (χ1n) is 33.5. The van der Waals surface area contributed by atoms with Crippen molar-refractivity contribution >= 4 is 0 Å². The molecule has 0 aromatic heterocycles. The van der Waals surface area contributed by atoms with Crippen molar-refractivity contribution in [1.82, 2.24) is 0 Å². The second-order valence-electron chi connectivity index (χ2n) is 24.8. The largest absolute Gasteiger partial charge is 0.382 e.